The van der Waals surface area contributed by atoms with E-state index in [1.54, 1.807) is 19.2 Å². The zero-order valence-electron chi connectivity index (χ0n) is 21.3. The van der Waals surface area contributed by atoms with Crippen LogP contribution in [-0.2, 0) is 32.1 Å². The molecule has 0 unspecified atom stereocenters. The summed E-state index contributed by atoms with van der Waals surface area (Å²) in [6.45, 7) is 1.94. The number of ether oxygens (including phenoxy) is 2. The van der Waals surface area contributed by atoms with Gasteiger partial charge in [0, 0.05) is 11.5 Å². The number of carbonyl (C=O) groups is 3. The molecule has 1 aromatic heterocycles. The van der Waals surface area contributed by atoms with Crippen molar-refractivity contribution in [3.05, 3.63) is 82.0 Å². The van der Waals surface area contributed by atoms with Crippen LogP contribution in [0.15, 0.2) is 70.2 Å². The topological polar surface area (TPSA) is 111 Å². The van der Waals surface area contributed by atoms with Gasteiger partial charge in [-0.15, -0.1) is 22.0 Å². The van der Waals surface area contributed by atoms with Gasteiger partial charge in [0.2, 0.25) is 5.91 Å². The maximum Gasteiger partial charge on any atom is 0.355 e. The monoisotopic (exact) mass is 582 g/mol. The van der Waals surface area contributed by atoms with Gasteiger partial charge in [-0.1, -0.05) is 65.6 Å². The highest BCUT2D eigenvalue weighted by Crippen LogP contribution is 2.42. The number of nitrogens with zero attached hydrogens (tertiary/aromatic N) is 3. The van der Waals surface area contributed by atoms with E-state index in [4.69, 9.17) is 9.47 Å². The molecule has 3 aromatic rings. The number of aromatic nitrogens is 2. The molecule has 2 aliphatic heterocycles. The fraction of sp³-hybridized carbons (Fsp3) is 0.296. The zero-order valence-corrected chi connectivity index (χ0v) is 23.7. The lowest BCUT2D eigenvalue weighted by molar-refractivity contribution is -0.153. The number of fused-ring (bicyclic) bond motifs is 1. The number of hydrogen-bond acceptors (Lipinski definition) is 10. The minimum atomic E-state index is -0.699. The van der Waals surface area contributed by atoms with Gasteiger partial charge < -0.3 is 14.8 Å². The first-order chi connectivity index (χ1) is 18.9. The Morgan fingerprint density at radius 1 is 1.10 bits per heavy atom. The first kappa shape index (κ1) is 27.2. The second-order valence-electron chi connectivity index (χ2n) is 8.87. The summed E-state index contributed by atoms with van der Waals surface area (Å²) in [5, 5.41) is 11.5. The molecule has 9 nitrogen and oxygen atoms in total. The number of aryl methyl sites for hydroxylation is 1. The Bertz CT molecular complexity index is 1390. The number of nitrogens with one attached hydrogen (secondary N) is 1. The molecule has 5 rings (SSSR count). The molecule has 2 amide bonds. The minimum Gasteiger partial charge on any atom is -0.497 e. The summed E-state index contributed by atoms with van der Waals surface area (Å²) in [5.74, 6) is 0.577. The van der Waals surface area contributed by atoms with Crippen molar-refractivity contribution in [3.8, 4) is 5.75 Å². The molecule has 0 saturated carbocycles. The summed E-state index contributed by atoms with van der Waals surface area (Å²) in [6, 6.07) is 15.9. The van der Waals surface area contributed by atoms with E-state index < -0.39 is 12.0 Å². The summed E-state index contributed by atoms with van der Waals surface area (Å²) in [7, 11) is 1.59. The number of rotatable bonds is 10. The zero-order chi connectivity index (χ0) is 27.4. The number of esters is 1. The van der Waals surface area contributed by atoms with Gasteiger partial charge in [0.25, 0.3) is 5.91 Å². The molecule has 1 fully saturated rings. The van der Waals surface area contributed by atoms with E-state index in [0.717, 1.165) is 26.0 Å². The molecule has 2 atom stereocenters. The van der Waals surface area contributed by atoms with Crippen molar-refractivity contribution in [3.63, 3.8) is 0 Å². The Hall–Kier alpha value is -3.35. The van der Waals surface area contributed by atoms with Crippen LogP contribution in [0.25, 0.3) is 0 Å². The first-order valence-corrected chi connectivity index (χ1v) is 15.0. The third kappa shape index (κ3) is 6.29. The molecule has 0 bridgehead atoms. The van der Waals surface area contributed by atoms with Gasteiger partial charge in [-0.25, -0.2) is 4.79 Å². The number of benzene rings is 2. The van der Waals surface area contributed by atoms with Crippen molar-refractivity contribution in [1.29, 1.82) is 0 Å². The minimum absolute atomic E-state index is 0.0550. The third-order valence-electron chi connectivity index (χ3n) is 6.17. The maximum atomic E-state index is 13.4. The molecule has 0 spiro atoms. The predicted octanol–water partition coefficient (Wildman–Crippen LogP) is 3.59. The number of β-lactam (4-membered cyclic amide) rings is 1. The van der Waals surface area contributed by atoms with Crippen LogP contribution in [-0.4, -0.2) is 62.9 Å². The Labute approximate surface area is 238 Å². The van der Waals surface area contributed by atoms with E-state index in [-0.39, 0.29) is 35.9 Å². The number of hydrogen-bond donors (Lipinski definition) is 1. The molecule has 3 heterocycles. The van der Waals surface area contributed by atoms with Crippen LogP contribution in [0.2, 0.25) is 0 Å². The first-order valence-electron chi connectivity index (χ1n) is 12.2. The highest BCUT2D eigenvalue weighted by molar-refractivity contribution is 8.01. The van der Waals surface area contributed by atoms with Crippen molar-refractivity contribution < 1.29 is 23.9 Å². The van der Waals surface area contributed by atoms with E-state index in [1.807, 2.05) is 49.4 Å². The van der Waals surface area contributed by atoms with Crippen LogP contribution in [0.4, 0.5) is 0 Å². The summed E-state index contributed by atoms with van der Waals surface area (Å²) in [4.78, 5) is 40.8. The lowest BCUT2D eigenvalue weighted by Crippen LogP contribution is -2.70. The summed E-state index contributed by atoms with van der Waals surface area (Å²) < 4.78 is 11.6. The molecule has 202 valence electrons. The second-order valence-corrected chi connectivity index (χ2v) is 12.4. The summed E-state index contributed by atoms with van der Waals surface area (Å²) in [5.41, 5.74) is 2.70. The molecule has 12 heteroatoms. The molecule has 0 radical (unpaired) electrons. The molecule has 0 aliphatic carbocycles. The van der Waals surface area contributed by atoms with Crippen LogP contribution >= 0.6 is 34.9 Å². The van der Waals surface area contributed by atoms with Crippen LogP contribution in [0.5, 0.6) is 5.75 Å². The van der Waals surface area contributed by atoms with E-state index in [0.29, 0.717) is 17.3 Å². The fourth-order valence-corrected chi connectivity index (χ4v) is 7.51. The van der Waals surface area contributed by atoms with Gasteiger partial charge in [-0.2, -0.15) is 0 Å². The third-order valence-corrected chi connectivity index (χ3v) is 9.57. The molecular weight excluding hydrogens is 557 g/mol. The smallest absolute Gasteiger partial charge is 0.355 e. The normalized spacial score (nSPS) is 18.3. The van der Waals surface area contributed by atoms with Gasteiger partial charge in [0.1, 0.15) is 34.5 Å². The maximum absolute atomic E-state index is 13.4. The highest BCUT2D eigenvalue weighted by Gasteiger charge is 2.54. The van der Waals surface area contributed by atoms with Crippen LogP contribution in [0.3, 0.4) is 0 Å². The van der Waals surface area contributed by atoms with Crippen LogP contribution in [0.1, 0.15) is 16.1 Å². The largest absolute Gasteiger partial charge is 0.497 e. The van der Waals surface area contributed by atoms with Crippen LogP contribution < -0.4 is 10.1 Å². The van der Waals surface area contributed by atoms with Gasteiger partial charge in [-0.3, -0.25) is 14.5 Å². The lowest BCUT2D eigenvalue weighted by Gasteiger charge is -2.49. The van der Waals surface area contributed by atoms with Gasteiger partial charge >= 0.3 is 5.97 Å². The van der Waals surface area contributed by atoms with Gasteiger partial charge in [0.15, 0.2) is 4.34 Å². The van der Waals surface area contributed by atoms with Crippen molar-refractivity contribution >= 4 is 52.6 Å². The van der Waals surface area contributed by atoms with Crippen LogP contribution in [0, 0.1) is 6.92 Å². The van der Waals surface area contributed by atoms with E-state index in [9.17, 15) is 14.4 Å². The second kappa shape index (κ2) is 12.2. The summed E-state index contributed by atoms with van der Waals surface area (Å²) >= 11 is 4.48. The summed E-state index contributed by atoms with van der Waals surface area (Å²) in [6.07, 6.45) is 0.178. The fourth-order valence-electron chi connectivity index (χ4n) is 4.21. The lowest BCUT2D eigenvalue weighted by atomic mass is 10.0. The van der Waals surface area contributed by atoms with E-state index in [1.165, 1.54) is 39.8 Å². The Balaban J connectivity index is 1.30. The Morgan fingerprint density at radius 2 is 1.87 bits per heavy atom. The van der Waals surface area contributed by atoms with E-state index >= 15 is 0 Å². The van der Waals surface area contributed by atoms with E-state index in [2.05, 4.69) is 15.5 Å². The predicted molar refractivity (Wildman–Crippen MR) is 150 cm³/mol. The van der Waals surface area contributed by atoms with Gasteiger partial charge in [-0.05, 0) is 35.8 Å². The quantitative estimate of drug-likeness (QED) is 0.218. The molecule has 2 aromatic carbocycles. The Kier molecular flexibility index (Phi) is 8.53. The molecule has 39 heavy (non-hydrogen) atoms. The highest BCUT2D eigenvalue weighted by atomic mass is 32.2. The Morgan fingerprint density at radius 3 is 2.56 bits per heavy atom. The average Bonchev–Trinajstić information content (AvgIpc) is 3.38. The van der Waals surface area contributed by atoms with Gasteiger partial charge in [0.05, 0.1) is 13.5 Å². The number of methoxy groups -OCH3 is 1. The molecule has 1 saturated heterocycles. The molecule has 1 N–H and O–H groups in total. The standard InChI is InChI=1S/C27H26N4O5S3/c1-16-29-30-27(39-16)38-15-19-14-37-25-22(28-21(32)12-17-6-4-3-5-7-17)24(33)31(25)23(19)26(34)36-13-18-8-10-20(35-2)11-9-18/h3-11,22,25H,12-15H2,1-2H3,(H,28,32)/t22-,25-/m1/s1. The van der Waals surface area contributed by atoms with Crippen molar-refractivity contribution in [2.75, 3.05) is 18.6 Å². The molecule has 2 aliphatic rings. The SMILES string of the molecule is COc1ccc(COC(=O)C2=C(CSc3nnc(C)s3)CS[C@@H]3[C@H](NC(=O)Cc4ccccc4)C(=O)N23)cc1. The van der Waals surface area contributed by atoms with Crippen molar-refractivity contribution in [2.24, 2.45) is 0 Å². The number of carbonyl (C=O) groups excluding carboxylic acids is 3. The van der Waals surface area contributed by atoms with Crippen molar-refractivity contribution in [2.45, 2.75) is 35.7 Å². The number of amides is 2. The average molecular weight is 583 g/mol. The number of thioether (sulfide) groups is 2. The van der Waals surface area contributed by atoms with Crippen molar-refractivity contribution in [1.82, 2.24) is 20.4 Å². The molecular formula is C27H26N4O5S3.